The Balaban J connectivity index is 2.02. The van der Waals surface area contributed by atoms with E-state index in [9.17, 15) is 9.59 Å². The van der Waals surface area contributed by atoms with Crippen LogP contribution in [-0.4, -0.2) is 40.6 Å². The highest BCUT2D eigenvalue weighted by atomic mass is 16.5. The van der Waals surface area contributed by atoms with Gasteiger partial charge < -0.3 is 14.8 Å². The SMILES string of the molecule is CCOC(=O)Cn1ncc(NC(=O)c2ccc(OC)c(C)c2)n1. The number of anilines is 1. The van der Waals surface area contributed by atoms with E-state index in [1.165, 1.54) is 6.20 Å². The molecule has 0 fully saturated rings. The lowest BCUT2D eigenvalue weighted by Crippen LogP contribution is -2.16. The Kier molecular flexibility index (Phi) is 5.29. The number of nitrogens with one attached hydrogen (secondary N) is 1. The first kappa shape index (κ1) is 16.5. The van der Waals surface area contributed by atoms with Crippen LogP contribution in [0.25, 0.3) is 0 Å². The van der Waals surface area contributed by atoms with Gasteiger partial charge in [-0.15, -0.1) is 5.10 Å². The van der Waals surface area contributed by atoms with E-state index in [2.05, 4.69) is 15.5 Å². The van der Waals surface area contributed by atoms with Crippen molar-refractivity contribution < 1.29 is 19.1 Å². The monoisotopic (exact) mass is 318 g/mol. The van der Waals surface area contributed by atoms with Gasteiger partial charge in [0.2, 0.25) is 0 Å². The third-order valence-electron chi connectivity index (χ3n) is 3.01. The fourth-order valence-electron chi connectivity index (χ4n) is 1.96. The molecule has 0 saturated heterocycles. The van der Waals surface area contributed by atoms with E-state index in [0.717, 1.165) is 10.4 Å². The van der Waals surface area contributed by atoms with Crippen molar-refractivity contribution in [1.29, 1.82) is 0 Å². The predicted molar refractivity (Wildman–Crippen MR) is 82.3 cm³/mol. The van der Waals surface area contributed by atoms with Crippen LogP contribution in [0, 0.1) is 6.92 Å². The highest BCUT2D eigenvalue weighted by molar-refractivity contribution is 6.03. The van der Waals surface area contributed by atoms with Gasteiger partial charge in [0.1, 0.15) is 5.75 Å². The van der Waals surface area contributed by atoms with Crippen molar-refractivity contribution in [2.24, 2.45) is 0 Å². The molecule has 0 aliphatic rings. The van der Waals surface area contributed by atoms with Crippen LogP contribution in [0.3, 0.4) is 0 Å². The highest BCUT2D eigenvalue weighted by Gasteiger charge is 2.12. The van der Waals surface area contributed by atoms with Crippen molar-refractivity contribution in [1.82, 2.24) is 15.0 Å². The van der Waals surface area contributed by atoms with Gasteiger partial charge in [0.15, 0.2) is 12.4 Å². The Morgan fingerprint density at radius 3 is 2.78 bits per heavy atom. The minimum absolute atomic E-state index is 0.106. The fourth-order valence-corrected chi connectivity index (χ4v) is 1.96. The zero-order chi connectivity index (χ0) is 16.8. The van der Waals surface area contributed by atoms with Crippen LogP contribution in [0.15, 0.2) is 24.4 Å². The molecular weight excluding hydrogens is 300 g/mol. The Hall–Kier alpha value is -2.90. The average molecular weight is 318 g/mol. The molecule has 8 heteroatoms. The fraction of sp³-hybridized carbons (Fsp3) is 0.333. The zero-order valence-corrected chi connectivity index (χ0v) is 13.2. The van der Waals surface area contributed by atoms with Crippen molar-refractivity contribution in [2.75, 3.05) is 19.0 Å². The van der Waals surface area contributed by atoms with Gasteiger partial charge in [0.05, 0.1) is 19.9 Å². The zero-order valence-electron chi connectivity index (χ0n) is 13.2. The number of aromatic nitrogens is 3. The van der Waals surface area contributed by atoms with Gasteiger partial charge in [-0.1, -0.05) is 0 Å². The standard InChI is InChI=1S/C15H18N4O4/c1-4-23-14(20)9-19-16-8-13(18-19)17-15(21)11-5-6-12(22-3)10(2)7-11/h5-8H,4,9H2,1-3H3,(H,17,18,21). The molecule has 0 saturated carbocycles. The molecule has 122 valence electrons. The molecule has 1 N–H and O–H groups in total. The van der Waals surface area contributed by atoms with Crippen LogP contribution in [-0.2, 0) is 16.1 Å². The summed E-state index contributed by atoms with van der Waals surface area (Å²) in [5.41, 5.74) is 1.33. The van der Waals surface area contributed by atoms with Crippen LogP contribution in [0.5, 0.6) is 5.75 Å². The third-order valence-corrected chi connectivity index (χ3v) is 3.01. The second-order valence-corrected chi connectivity index (χ2v) is 4.70. The van der Waals surface area contributed by atoms with Crippen LogP contribution < -0.4 is 10.1 Å². The van der Waals surface area contributed by atoms with Gasteiger partial charge >= 0.3 is 5.97 Å². The van der Waals surface area contributed by atoms with E-state index < -0.39 is 5.97 Å². The largest absolute Gasteiger partial charge is 0.496 e. The van der Waals surface area contributed by atoms with E-state index in [1.54, 1.807) is 32.2 Å². The first-order valence-corrected chi connectivity index (χ1v) is 7.05. The molecule has 0 unspecified atom stereocenters. The van der Waals surface area contributed by atoms with Gasteiger partial charge in [-0.3, -0.25) is 4.79 Å². The molecule has 1 amide bonds. The van der Waals surface area contributed by atoms with Gasteiger partial charge in [-0.25, -0.2) is 4.79 Å². The van der Waals surface area contributed by atoms with Crippen LogP contribution in [0.4, 0.5) is 5.82 Å². The number of amides is 1. The number of rotatable bonds is 6. The van der Waals surface area contributed by atoms with E-state index in [0.29, 0.717) is 17.9 Å². The second kappa shape index (κ2) is 7.39. The van der Waals surface area contributed by atoms with Crippen molar-refractivity contribution in [3.05, 3.63) is 35.5 Å². The lowest BCUT2D eigenvalue weighted by molar-refractivity contribution is -0.144. The molecule has 2 aromatic rings. The van der Waals surface area contributed by atoms with Crippen molar-refractivity contribution in [2.45, 2.75) is 20.4 Å². The quantitative estimate of drug-likeness (QED) is 0.809. The Labute approximate surface area is 133 Å². The molecule has 0 bridgehead atoms. The Bertz CT molecular complexity index is 711. The summed E-state index contributed by atoms with van der Waals surface area (Å²) < 4.78 is 9.96. The number of aryl methyl sites for hydroxylation is 1. The Morgan fingerprint density at radius 1 is 1.35 bits per heavy atom. The van der Waals surface area contributed by atoms with Crippen LogP contribution >= 0.6 is 0 Å². The summed E-state index contributed by atoms with van der Waals surface area (Å²) in [6.45, 7) is 3.76. The number of methoxy groups -OCH3 is 1. The number of hydrogen-bond donors (Lipinski definition) is 1. The van der Waals surface area contributed by atoms with Crippen molar-refractivity contribution in [3.8, 4) is 5.75 Å². The maximum atomic E-state index is 12.2. The van der Waals surface area contributed by atoms with Crippen molar-refractivity contribution >= 4 is 17.7 Å². The predicted octanol–water partition coefficient (Wildman–Crippen LogP) is 1.41. The average Bonchev–Trinajstić information content (AvgIpc) is 2.94. The van der Waals surface area contributed by atoms with Crippen LogP contribution in [0.2, 0.25) is 0 Å². The van der Waals surface area contributed by atoms with Gasteiger partial charge in [0.25, 0.3) is 5.91 Å². The Morgan fingerprint density at radius 2 is 2.13 bits per heavy atom. The maximum Gasteiger partial charge on any atom is 0.329 e. The molecule has 23 heavy (non-hydrogen) atoms. The van der Waals surface area contributed by atoms with Crippen LogP contribution in [0.1, 0.15) is 22.8 Å². The molecule has 0 aliphatic carbocycles. The lowest BCUT2D eigenvalue weighted by atomic mass is 10.1. The number of hydrogen-bond acceptors (Lipinski definition) is 6. The van der Waals surface area contributed by atoms with Crippen molar-refractivity contribution in [3.63, 3.8) is 0 Å². The number of ether oxygens (including phenoxy) is 2. The summed E-state index contributed by atoms with van der Waals surface area (Å²) in [6, 6.07) is 5.10. The van der Waals surface area contributed by atoms with E-state index in [1.807, 2.05) is 6.92 Å². The molecule has 2 rings (SSSR count). The maximum absolute atomic E-state index is 12.2. The van der Waals surface area contributed by atoms with Gasteiger partial charge in [-0.05, 0) is 37.6 Å². The van der Waals surface area contributed by atoms with Gasteiger partial charge in [-0.2, -0.15) is 9.90 Å². The second-order valence-electron chi connectivity index (χ2n) is 4.70. The summed E-state index contributed by atoms with van der Waals surface area (Å²) >= 11 is 0. The number of carbonyl (C=O) groups excluding carboxylic acids is 2. The first-order valence-electron chi connectivity index (χ1n) is 7.05. The summed E-state index contributed by atoms with van der Waals surface area (Å²) in [6.07, 6.45) is 1.37. The summed E-state index contributed by atoms with van der Waals surface area (Å²) in [4.78, 5) is 24.7. The van der Waals surface area contributed by atoms with Gasteiger partial charge in [0, 0.05) is 5.56 Å². The molecule has 1 aromatic carbocycles. The highest BCUT2D eigenvalue weighted by Crippen LogP contribution is 2.19. The third kappa shape index (κ3) is 4.29. The topological polar surface area (TPSA) is 95.3 Å². The smallest absolute Gasteiger partial charge is 0.329 e. The molecule has 0 aliphatic heterocycles. The van der Waals surface area contributed by atoms with E-state index in [-0.39, 0.29) is 18.3 Å². The number of nitrogens with zero attached hydrogens (tertiary/aromatic N) is 3. The molecule has 8 nitrogen and oxygen atoms in total. The minimum atomic E-state index is -0.438. The summed E-state index contributed by atoms with van der Waals surface area (Å²) in [5.74, 6) is 0.209. The molecule has 1 aromatic heterocycles. The number of esters is 1. The molecule has 0 atom stereocenters. The number of carbonyl (C=O) groups is 2. The first-order chi connectivity index (χ1) is 11.0. The lowest BCUT2D eigenvalue weighted by Gasteiger charge is -2.07. The molecule has 0 spiro atoms. The minimum Gasteiger partial charge on any atom is -0.496 e. The van der Waals surface area contributed by atoms with E-state index >= 15 is 0 Å². The number of benzene rings is 1. The van der Waals surface area contributed by atoms with E-state index in [4.69, 9.17) is 9.47 Å². The molecular formula is C15H18N4O4. The normalized spacial score (nSPS) is 10.2. The molecule has 1 heterocycles. The summed E-state index contributed by atoms with van der Waals surface area (Å²) in [7, 11) is 1.57. The molecule has 0 radical (unpaired) electrons. The summed E-state index contributed by atoms with van der Waals surface area (Å²) in [5, 5.41) is 10.5.